The molecule has 1 aliphatic rings. The van der Waals surface area contributed by atoms with Crippen molar-refractivity contribution in [1.82, 2.24) is 5.09 Å². The molecule has 32 heavy (non-hydrogen) atoms. The number of hydrogen-bond acceptors (Lipinski definition) is 4. The van der Waals surface area contributed by atoms with Gasteiger partial charge in [0.25, 0.3) is 0 Å². The first-order chi connectivity index (χ1) is 15.4. The highest BCUT2D eigenvalue weighted by Gasteiger charge is 2.42. The van der Waals surface area contributed by atoms with Gasteiger partial charge in [-0.1, -0.05) is 96.7 Å². The molecule has 0 bridgehead atoms. The van der Waals surface area contributed by atoms with Gasteiger partial charge in [0.2, 0.25) is 0 Å². The summed E-state index contributed by atoms with van der Waals surface area (Å²) >= 11 is 6.39. The maximum Gasteiger partial charge on any atom is 0.337 e. The summed E-state index contributed by atoms with van der Waals surface area (Å²) in [7, 11) is 0. The predicted molar refractivity (Wildman–Crippen MR) is 134 cm³/mol. The number of fused-ring (bicyclic) bond motifs is 1. The van der Waals surface area contributed by atoms with Gasteiger partial charge < -0.3 is 9.47 Å². The minimum Gasteiger partial charge on any atom is -0.483 e. The quantitative estimate of drug-likeness (QED) is 0.317. The zero-order valence-electron chi connectivity index (χ0n) is 18.2. The Morgan fingerprint density at radius 3 is 2.22 bits per heavy atom. The summed E-state index contributed by atoms with van der Waals surface area (Å²) < 4.78 is 11.5. The summed E-state index contributed by atoms with van der Waals surface area (Å²) in [6.45, 7) is 8.12. The third-order valence-corrected chi connectivity index (χ3v) is 9.77. The van der Waals surface area contributed by atoms with Crippen LogP contribution in [0, 0.1) is 6.92 Å². The summed E-state index contributed by atoms with van der Waals surface area (Å²) in [6.07, 6.45) is -3.07. The number of benzene rings is 3. The van der Waals surface area contributed by atoms with Crippen LogP contribution >= 0.6 is 6.19 Å². The Hall–Kier alpha value is -2.72. The fourth-order valence-electron chi connectivity index (χ4n) is 3.91. The van der Waals surface area contributed by atoms with Crippen molar-refractivity contribution >= 4 is 34.6 Å². The monoisotopic (exact) mass is 463 g/mol. The van der Waals surface area contributed by atoms with Gasteiger partial charge in [-0.25, -0.2) is 4.79 Å². The van der Waals surface area contributed by atoms with E-state index in [-0.39, 0.29) is 18.2 Å². The Labute approximate surface area is 194 Å². The smallest absolute Gasteiger partial charge is 0.337 e. The Balaban J connectivity index is 1.81. The number of hydrogen-bond donors (Lipinski definition) is 1. The molecule has 164 valence electrons. The first-order valence-electron chi connectivity index (χ1n) is 10.6. The van der Waals surface area contributed by atoms with E-state index < -0.39 is 18.3 Å². The molecule has 1 heterocycles. The average Bonchev–Trinajstić information content (AvgIpc) is 3.17. The van der Waals surface area contributed by atoms with Crippen molar-refractivity contribution < 1.29 is 14.3 Å². The van der Waals surface area contributed by atoms with Crippen molar-refractivity contribution in [3.05, 3.63) is 102 Å². The van der Waals surface area contributed by atoms with E-state index in [0.29, 0.717) is 0 Å². The summed E-state index contributed by atoms with van der Waals surface area (Å²) in [5, 5.41) is 5.86. The van der Waals surface area contributed by atoms with Crippen LogP contribution in [0.15, 0.2) is 91.0 Å². The lowest BCUT2D eigenvalue weighted by atomic mass is 9.98. The highest BCUT2D eigenvalue weighted by Crippen LogP contribution is 2.48. The van der Waals surface area contributed by atoms with Crippen LogP contribution in [0.1, 0.15) is 24.1 Å². The van der Waals surface area contributed by atoms with Gasteiger partial charge >= 0.3 is 5.97 Å². The van der Waals surface area contributed by atoms with Gasteiger partial charge in [-0.05, 0) is 19.9 Å². The van der Waals surface area contributed by atoms with Gasteiger partial charge in [0.1, 0.15) is 11.9 Å². The number of carbonyl (C=O) groups excluding carboxylic acids is 1. The van der Waals surface area contributed by atoms with Gasteiger partial charge in [0, 0.05) is 16.2 Å². The largest absolute Gasteiger partial charge is 0.483 e. The highest BCUT2D eigenvalue weighted by atomic mass is 32.4. The molecule has 4 rings (SSSR count). The maximum absolute atomic E-state index is 12.6. The fraction of sp³-hybridized carbons (Fsp3) is 0.192. The van der Waals surface area contributed by atoms with E-state index in [0.717, 1.165) is 27.5 Å². The molecule has 0 radical (unpaired) electrons. The van der Waals surface area contributed by atoms with Crippen molar-refractivity contribution in [2.24, 2.45) is 0 Å². The third kappa shape index (κ3) is 4.29. The highest BCUT2D eigenvalue weighted by molar-refractivity contribution is 8.20. The van der Waals surface area contributed by atoms with E-state index in [2.05, 4.69) is 42.0 Å². The first-order valence-corrected chi connectivity index (χ1v) is 13.4. The molecule has 3 aromatic carbocycles. The van der Waals surface area contributed by atoms with E-state index in [1.54, 1.807) is 6.92 Å². The lowest BCUT2D eigenvalue weighted by Gasteiger charge is -2.31. The summed E-state index contributed by atoms with van der Waals surface area (Å²) in [5.74, 6) is 0.271. The zero-order chi connectivity index (χ0) is 22.7. The second-order valence-electron chi connectivity index (χ2n) is 7.71. The third-order valence-electron chi connectivity index (χ3n) is 5.50. The molecular weight excluding hydrogens is 437 g/mol. The zero-order valence-corrected chi connectivity index (χ0v) is 19.9. The molecule has 0 aliphatic carbocycles. The van der Waals surface area contributed by atoms with Crippen LogP contribution in [-0.2, 0) is 21.3 Å². The minimum absolute atomic E-state index is 0.279. The lowest BCUT2D eigenvalue weighted by molar-refractivity contribution is -0.139. The van der Waals surface area contributed by atoms with Gasteiger partial charge in [-0.2, -0.15) is 0 Å². The van der Waals surface area contributed by atoms with Crippen LogP contribution in [0.25, 0.3) is 0 Å². The number of esters is 1. The van der Waals surface area contributed by atoms with Gasteiger partial charge in [0.15, 0.2) is 0 Å². The molecule has 2 atom stereocenters. The average molecular weight is 464 g/mol. The second kappa shape index (κ2) is 9.41. The maximum atomic E-state index is 12.6. The Morgan fingerprint density at radius 2 is 1.66 bits per heavy atom. The fourth-order valence-corrected chi connectivity index (χ4v) is 7.42. The van der Waals surface area contributed by atoms with E-state index >= 15 is 0 Å². The topological polar surface area (TPSA) is 47.6 Å². The number of aryl methyl sites for hydroxylation is 1. The summed E-state index contributed by atoms with van der Waals surface area (Å²) in [4.78, 5) is 12.6. The Morgan fingerprint density at radius 1 is 1.06 bits per heavy atom. The van der Waals surface area contributed by atoms with Crippen molar-refractivity contribution in [2.45, 2.75) is 26.0 Å². The number of rotatable bonds is 7. The number of carbonyl (C=O) groups is 1. The van der Waals surface area contributed by atoms with Crippen molar-refractivity contribution in [1.29, 1.82) is 0 Å². The second-order valence-corrected chi connectivity index (χ2v) is 11.9. The van der Waals surface area contributed by atoms with Crippen LogP contribution in [-0.4, -0.2) is 18.7 Å². The first kappa shape index (κ1) is 22.5. The van der Waals surface area contributed by atoms with Crippen molar-refractivity contribution in [3.63, 3.8) is 0 Å². The molecular formula is C26H26NO3PS. The van der Waals surface area contributed by atoms with Crippen LogP contribution in [0.3, 0.4) is 0 Å². The molecule has 0 unspecified atom stereocenters. The molecule has 0 spiro atoms. The number of ether oxygens (including phenoxy) is 2. The van der Waals surface area contributed by atoms with E-state index in [4.69, 9.17) is 21.3 Å². The van der Waals surface area contributed by atoms with Crippen LogP contribution < -0.4 is 20.4 Å². The van der Waals surface area contributed by atoms with Crippen LogP contribution in [0.4, 0.5) is 0 Å². The molecule has 0 saturated heterocycles. The van der Waals surface area contributed by atoms with Crippen molar-refractivity contribution in [3.8, 4) is 5.75 Å². The molecule has 0 amide bonds. The SMILES string of the molecule is C=C(C(=O)OCC)[C@@H]1Oc2ccc(C)cc2[C@H]1NP(=S)(c1ccccc1)c1ccccc1. The Bertz CT molecular complexity index is 1140. The predicted octanol–water partition coefficient (Wildman–Crippen LogP) is 4.55. The van der Waals surface area contributed by atoms with Crippen LogP contribution in [0.5, 0.6) is 5.75 Å². The molecule has 0 aromatic heterocycles. The van der Waals surface area contributed by atoms with Gasteiger partial charge in [-0.15, -0.1) is 0 Å². The van der Waals surface area contributed by atoms with Gasteiger partial charge in [-0.3, -0.25) is 5.09 Å². The van der Waals surface area contributed by atoms with E-state index in [9.17, 15) is 4.79 Å². The van der Waals surface area contributed by atoms with Crippen molar-refractivity contribution in [2.75, 3.05) is 6.61 Å². The minimum atomic E-state index is -2.46. The molecule has 0 saturated carbocycles. The summed E-state index contributed by atoms with van der Waals surface area (Å²) in [5.41, 5.74) is 2.36. The normalized spacial score (nSPS) is 17.3. The van der Waals surface area contributed by atoms with E-state index in [1.165, 1.54) is 0 Å². The standard InChI is InChI=1S/C26H26NO3PS/c1-4-29-26(28)19(3)25-24(22-17-18(2)15-16-23(22)30-25)27-31(32,20-11-7-5-8-12-20)21-13-9-6-10-14-21/h5-17,24-25H,3-4H2,1-2H3,(H,27,32)/t24-,25+/m1/s1. The van der Waals surface area contributed by atoms with Gasteiger partial charge in [0.05, 0.1) is 24.4 Å². The Kier molecular flexibility index (Phi) is 6.61. The molecule has 0 fully saturated rings. The lowest BCUT2D eigenvalue weighted by Crippen LogP contribution is -2.37. The molecule has 6 heteroatoms. The molecule has 1 aliphatic heterocycles. The molecule has 1 N–H and O–H groups in total. The molecule has 4 nitrogen and oxygen atoms in total. The van der Waals surface area contributed by atoms with Crippen LogP contribution in [0.2, 0.25) is 0 Å². The van der Waals surface area contributed by atoms with E-state index in [1.807, 2.05) is 55.5 Å². The molecule has 3 aromatic rings. The number of nitrogens with one attached hydrogen (secondary N) is 1. The summed E-state index contributed by atoms with van der Waals surface area (Å²) in [6, 6.07) is 25.9.